The van der Waals surface area contributed by atoms with Crippen LogP contribution < -0.4 is 10.2 Å². The highest BCUT2D eigenvalue weighted by molar-refractivity contribution is 9.10. The Bertz CT molecular complexity index is 587. The molecule has 0 atom stereocenters. The van der Waals surface area contributed by atoms with Crippen LogP contribution in [0.1, 0.15) is 18.2 Å². The van der Waals surface area contributed by atoms with E-state index >= 15 is 0 Å². The molecule has 0 saturated heterocycles. The largest absolute Gasteiger partial charge is 0.355 e. The van der Waals surface area contributed by atoms with E-state index in [1.807, 2.05) is 19.2 Å². The molecule has 21 heavy (non-hydrogen) atoms. The molecule has 0 fully saturated rings. The number of rotatable bonds is 6. The van der Waals surface area contributed by atoms with E-state index in [1.165, 1.54) is 5.56 Å². The van der Waals surface area contributed by atoms with Crippen LogP contribution in [0.4, 0.5) is 5.82 Å². The maximum absolute atomic E-state index is 6.19. The molecule has 0 aliphatic rings. The normalized spacial score (nSPS) is 10.7. The molecule has 0 aliphatic carbocycles. The zero-order chi connectivity index (χ0) is 15.2. The van der Waals surface area contributed by atoms with E-state index in [9.17, 15) is 0 Å². The molecule has 0 bridgehead atoms. The molecule has 3 nitrogen and oxygen atoms in total. The van der Waals surface area contributed by atoms with Crippen LogP contribution >= 0.6 is 27.5 Å². The van der Waals surface area contributed by atoms with E-state index in [2.05, 4.69) is 62.3 Å². The number of halogens is 2. The molecule has 1 aromatic heterocycles. The highest BCUT2D eigenvalue weighted by atomic mass is 79.9. The summed E-state index contributed by atoms with van der Waals surface area (Å²) < 4.78 is 1.09. The standard InChI is InChI=1S/C16H19BrClN3/c1-3-19-10-15-14(18)8-9-16(20-15)21(2)11-12-4-6-13(17)7-5-12/h4-9,19H,3,10-11H2,1-2H3. The minimum absolute atomic E-state index is 0.690. The molecule has 2 aromatic rings. The van der Waals surface area contributed by atoms with Crippen LogP contribution in [0.25, 0.3) is 0 Å². The molecule has 0 radical (unpaired) electrons. The van der Waals surface area contributed by atoms with Gasteiger partial charge < -0.3 is 10.2 Å². The van der Waals surface area contributed by atoms with E-state index in [4.69, 9.17) is 11.6 Å². The molecule has 1 N–H and O–H groups in total. The van der Waals surface area contributed by atoms with Crippen molar-refractivity contribution in [3.8, 4) is 0 Å². The summed E-state index contributed by atoms with van der Waals surface area (Å²) in [5.41, 5.74) is 2.13. The fraction of sp³-hybridized carbons (Fsp3) is 0.312. The van der Waals surface area contributed by atoms with Crippen molar-refractivity contribution in [2.75, 3.05) is 18.5 Å². The molecular formula is C16H19BrClN3. The SMILES string of the molecule is CCNCc1nc(N(C)Cc2ccc(Br)cc2)ccc1Cl. The predicted octanol–water partition coefficient (Wildman–Crippen LogP) is 4.24. The van der Waals surface area contributed by atoms with Crippen molar-refractivity contribution in [2.24, 2.45) is 0 Å². The van der Waals surface area contributed by atoms with Crippen molar-refractivity contribution in [2.45, 2.75) is 20.0 Å². The molecular weight excluding hydrogens is 350 g/mol. The Kier molecular flexibility index (Phi) is 6.03. The lowest BCUT2D eigenvalue weighted by Gasteiger charge is -2.19. The van der Waals surface area contributed by atoms with Gasteiger partial charge in [0.25, 0.3) is 0 Å². The average molecular weight is 369 g/mol. The Hall–Kier alpha value is -1.10. The number of hydrogen-bond donors (Lipinski definition) is 1. The third-order valence-electron chi connectivity index (χ3n) is 3.17. The lowest BCUT2D eigenvalue weighted by Crippen LogP contribution is -2.19. The summed E-state index contributed by atoms with van der Waals surface area (Å²) in [6.07, 6.45) is 0. The molecule has 0 aliphatic heterocycles. The molecule has 0 saturated carbocycles. The summed E-state index contributed by atoms with van der Waals surface area (Å²) in [5.74, 6) is 0.926. The van der Waals surface area contributed by atoms with Crippen LogP contribution in [0, 0.1) is 0 Å². The second-order valence-electron chi connectivity index (χ2n) is 4.86. The van der Waals surface area contributed by atoms with Crippen LogP contribution in [-0.2, 0) is 13.1 Å². The van der Waals surface area contributed by atoms with Crippen molar-refractivity contribution < 1.29 is 0 Å². The summed E-state index contributed by atoms with van der Waals surface area (Å²) >= 11 is 9.64. The van der Waals surface area contributed by atoms with Crippen molar-refractivity contribution in [3.63, 3.8) is 0 Å². The maximum atomic E-state index is 6.19. The molecule has 0 spiro atoms. The molecule has 0 unspecified atom stereocenters. The summed E-state index contributed by atoms with van der Waals surface area (Å²) in [4.78, 5) is 6.77. The van der Waals surface area contributed by atoms with Gasteiger partial charge in [0.15, 0.2) is 0 Å². The Labute approximate surface area is 139 Å². The smallest absolute Gasteiger partial charge is 0.129 e. The lowest BCUT2D eigenvalue weighted by molar-refractivity contribution is 0.708. The van der Waals surface area contributed by atoms with Gasteiger partial charge in [-0.2, -0.15) is 0 Å². The Morgan fingerprint density at radius 1 is 1.19 bits per heavy atom. The Balaban J connectivity index is 2.11. The highest BCUT2D eigenvalue weighted by Crippen LogP contribution is 2.20. The van der Waals surface area contributed by atoms with Gasteiger partial charge in [-0.05, 0) is 36.4 Å². The van der Waals surface area contributed by atoms with Gasteiger partial charge in [-0.1, -0.05) is 46.6 Å². The highest BCUT2D eigenvalue weighted by Gasteiger charge is 2.08. The van der Waals surface area contributed by atoms with Gasteiger partial charge in [-0.3, -0.25) is 0 Å². The number of pyridine rings is 1. The molecule has 1 heterocycles. The van der Waals surface area contributed by atoms with E-state index in [0.29, 0.717) is 11.6 Å². The third kappa shape index (κ3) is 4.70. The number of nitrogens with zero attached hydrogens (tertiary/aromatic N) is 2. The number of benzene rings is 1. The van der Waals surface area contributed by atoms with Gasteiger partial charge in [-0.25, -0.2) is 4.98 Å². The quantitative estimate of drug-likeness (QED) is 0.826. The second-order valence-corrected chi connectivity index (χ2v) is 6.18. The van der Waals surface area contributed by atoms with Crippen LogP contribution in [0.15, 0.2) is 40.9 Å². The van der Waals surface area contributed by atoms with E-state index in [1.54, 1.807) is 0 Å². The van der Waals surface area contributed by atoms with Gasteiger partial charge in [0.1, 0.15) is 5.82 Å². The van der Waals surface area contributed by atoms with Crippen LogP contribution in [-0.4, -0.2) is 18.6 Å². The second kappa shape index (κ2) is 7.78. The maximum Gasteiger partial charge on any atom is 0.129 e. The van der Waals surface area contributed by atoms with Crippen LogP contribution in [0.2, 0.25) is 5.02 Å². The van der Waals surface area contributed by atoms with Crippen LogP contribution in [0.5, 0.6) is 0 Å². The number of hydrogen-bond acceptors (Lipinski definition) is 3. The molecule has 5 heteroatoms. The molecule has 1 aromatic carbocycles. The van der Waals surface area contributed by atoms with Crippen molar-refractivity contribution >= 4 is 33.3 Å². The minimum atomic E-state index is 0.690. The topological polar surface area (TPSA) is 28.2 Å². The first kappa shape index (κ1) is 16.3. The van der Waals surface area contributed by atoms with E-state index in [-0.39, 0.29) is 0 Å². The average Bonchev–Trinajstić information content (AvgIpc) is 2.48. The molecule has 2 rings (SSSR count). The third-order valence-corrected chi connectivity index (χ3v) is 4.04. The van der Waals surface area contributed by atoms with Crippen molar-refractivity contribution in [1.29, 1.82) is 0 Å². The summed E-state index contributed by atoms with van der Waals surface area (Å²) in [7, 11) is 2.04. The number of anilines is 1. The molecule has 0 amide bonds. The Morgan fingerprint density at radius 2 is 1.90 bits per heavy atom. The Morgan fingerprint density at radius 3 is 2.57 bits per heavy atom. The zero-order valence-electron chi connectivity index (χ0n) is 12.2. The monoisotopic (exact) mass is 367 g/mol. The first-order chi connectivity index (χ1) is 10.1. The first-order valence-electron chi connectivity index (χ1n) is 6.92. The molecule has 112 valence electrons. The fourth-order valence-corrected chi connectivity index (χ4v) is 2.43. The minimum Gasteiger partial charge on any atom is -0.355 e. The number of aromatic nitrogens is 1. The van der Waals surface area contributed by atoms with Gasteiger partial charge >= 0.3 is 0 Å². The van der Waals surface area contributed by atoms with Crippen molar-refractivity contribution in [3.05, 3.63) is 57.2 Å². The first-order valence-corrected chi connectivity index (χ1v) is 8.09. The fourth-order valence-electron chi connectivity index (χ4n) is 2.00. The van der Waals surface area contributed by atoms with Gasteiger partial charge in [0.2, 0.25) is 0 Å². The predicted molar refractivity (Wildman–Crippen MR) is 92.9 cm³/mol. The van der Waals surface area contributed by atoms with Crippen LogP contribution in [0.3, 0.4) is 0 Å². The lowest BCUT2D eigenvalue weighted by atomic mass is 10.2. The van der Waals surface area contributed by atoms with E-state index in [0.717, 1.165) is 29.1 Å². The van der Waals surface area contributed by atoms with Crippen molar-refractivity contribution in [1.82, 2.24) is 10.3 Å². The van der Waals surface area contributed by atoms with Gasteiger partial charge in [0, 0.05) is 24.6 Å². The van der Waals surface area contributed by atoms with Gasteiger partial charge in [0.05, 0.1) is 10.7 Å². The summed E-state index contributed by atoms with van der Waals surface area (Å²) in [6.45, 7) is 4.46. The summed E-state index contributed by atoms with van der Waals surface area (Å²) in [5, 5.41) is 3.96. The summed E-state index contributed by atoms with van der Waals surface area (Å²) in [6, 6.07) is 12.2. The number of nitrogens with one attached hydrogen (secondary N) is 1. The van der Waals surface area contributed by atoms with Gasteiger partial charge in [-0.15, -0.1) is 0 Å². The zero-order valence-corrected chi connectivity index (χ0v) is 14.6. The van der Waals surface area contributed by atoms with E-state index < -0.39 is 0 Å².